The zero-order valence-corrected chi connectivity index (χ0v) is 11.2. The van der Waals surface area contributed by atoms with Crippen LogP contribution in [0.2, 0.25) is 0 Å². The van der Waals surface area contributed by atoms with Crippen molar-refractivity contribution >= 4 is 15.9 Å². The van der Waals surface area contributed by atoms with E-state index in [-0.39, 0.29) is 18.4 Å². The molecule has 0 spiro atoms. The quantitative estimate of drug-likeness (QED) is 0.445. The number of fused-ring (bicyclic) bond motifs is 1. The summed E-state index contributed by atoms with van der Waals surface area (Å²) in [5.41, 5.74) is 0. The summed E-state index contributed by atoms with van der Waals surface area (Å²) in [4.78, 5) is 13.7. The largest absolute Gasteiger partial charge is 0.440 e. The zero-order valence-electron chi connectivity index (χ0n) is 10.3. The third kappa shape index (κ3) is 3.01. The van der Waals surface area contributed by atoms with Crippen molar-refractivity contribution in [1.82, 2.24) is 9.55 Å². The SMILES string of the molecule is CC[C@H]1Oc2nc([N+](=O)[O-])cn2C[C@H]1OS(C)(=O)=O. The van der Waals surface area contributed by atoms with Gasteiger partial charge in [0.05, 0.1) is 12.8 Å². The molecule has 19 heavy (non-hydrogen) atoms. The molecule has 1 aromatic rings. The lowest BCUT2D eigenvalue weighted by Crippen LogP contribution is -2.42. The highest BCUT2D eigenvalue weighted by atomic mass is 32.2. The molecule has 0 radical (unpaired) electrons. The fourth-order valence-corrected chi connectivity index (χ4v) is 2.52. The van der Waals surface area contributed by atoms with Gasteiger partial charge in [-0.25, -0.2) is 0 Å². The molecule has 1 aliphatic rings. The molecular formula is C9H13N3O6S. The summed E-state index contributed by atoms with van der Waals surface area (Å²) in [5, 5.41) is 10.6. The van der Waals surface area contributed by atoms with Crippen LogP contribution in [0.25, 0.3) is 0 Å². The second-order valence-electron chi connectivity index (χ2n) is 4.19. The van der Waals surface area contributed by atoms with Gasteiger partial charge in [-0.2, -0.15) is 8.42 Å². The normalized spacial score (nSPS) is 22.6. The summed E-state index contributed by atoms with van der Waals surface area (Å²) < 4.78 is 34.1. The molecule has 1 aliphatic heterocycles. The molecule has 2 atom stereocenters. The van der Waals surface area contributed by atoms with Gasteiger partial charge in [-0.1, -0.05) is 6.92 Å². The van der Waals surface area contributed by atoms with E-state index in [0.717, 1.165) is 6.26 Å². The number of hydrogen-bond donors (Lipinski definition) is 0. The van der Waals surface area contributed by atoms with Crippen LogP contribution in [0.3, 0.4) is 0 Å². The van der Waals surface area contributed by atoms with Crippen LogP contribution in [0.4, 0.5) is 5.82 Å². The van der Waals surface area contributed by atoms with Crippen LogP contribution >= 0.6 is 0 Å². The second-order valence-corrected chi connectivity index (χ2v) is 5.80. The van der Waals surface area contributed by atoms with Crippen molar-refractivity contribution in [3.8, 4) is 6.01 Å². The highest BCUT2D eigenvalue weighted by molar-refractivity contribution is 7.86. The predicted octanol–water partition coefficient (Wildman–Crippen LogP) is 0.307. The molecule has 0 bridgehead atoms. The van der Waals surface area contributed by atoms with Gasteiger partial charge in [0.2, 0.25) is 0 Å². The highest BCUT2D eigenvalue weighted by Crippen LogP contribution is 2.27. The first-order valence-corrected chi connectivity index (χ1v) is 7.38. The van der Waals surface area contributed by atoms with Gasteiger partial charge in [0.1, 0.15) is 18.4 Å². The van der Waals surface area contributed by atoms with E-state index in [4.69, 9.17) is 8.92 Å². The van der Waals surface area contributed by atoms with E-state index in [1.165, 1.54) is 10.8 Å². The molecule has 0 unspecified atom stereocenters. The summed E-state index contributed by atoms with van der Waals surface area (Å²) in [6, 6.07) is 0.104. The molecule has 2 rings (SSSR count). The van der Waals surface area contributed by atoms with E-state index in [9.17, 15) is 18.5 Å². The number of aromatic nitrogens is 2. The molecular weight excluding hydrogens is 278 g/mol. The van der Waals surface area contributed by atoms with Gasteiger partial charge >= 0.3 is 11.8 Å². The van der Waals surface area contributed by atoms with Crippen molar-refractivity contribution in [2.24, 2.45) is 0 Å². The Kier molecular flexibility index (Phi) is 3.45. The number of ether oxygens (including phenoxy) is 1. The lowest BCUT2D eigenvalue weighted by atomic mass is 10.1. The van der Waals surface area contributed by atoms with Gasteiger partial charge in [-0.15, -0.1) is 0 Å². The molecule has 0 aromatic carbocycles. The molecule has 0 saturated carbocycles. The molecule has 2 heterocycles. The van der Waals surface area contributed by atoms with Crippen molar-refractivity contribution < 1.29 is 22.3 Å². The predicted molar refractivity (Wildman–Crippen MR) is 63.3 cm³/mol. The van der Waals surface area contributed by atoms with Crippen molar-refractivity contribution in [2.45, 2.75) is 32.1 Å². The Labute approximate surface area is 109 Å². The van der Waals surface area contributed by atoms with Crippen molar-refractivity contribution in [3.63, 3.8) is 0 Å². The molecule has 1 aromatic heterocycles. The van der Waals surface area contributed by atoms with Gasteiger partial charge in [0.15, 0.2) is 0 Å². The maximum Gasteiger partial charge on any atom is 0.414 e. The van der Waals surface area contributed by atoms with Crippen LogP contribution in [-0.4, -0.2) is 41.4 Å². The number of hydrogen-bond acceptors (Lipinski definition) is 7. The van der Waals surface area contributed by atoms with Crippen LogP contribution in [-0.2, 0) is 20.8 Å². The van der Waals surface area contributed by atoms with Crippen LogP contribution < -0.4 is 4.74 Å². The Hall–Kier alpha value is -1.68. The molecule has 106 valence electrons. The van der Waals surface area contributed by atoms with Gasteiger partial charge in [-0.05, 0) is 11.3 Å². The van der Waals surface area contributed by atoms with Crippen LogP contribution in [0.5, 0.6) is 6.01 Å². The van der Waals surface area contributed by atoms with Gasteiger partial charge in [-0.3, -0.25) is 8.75 Å². The van der Waals surface area contributed by atoms with Crippen LogP contribution in [0.1, 0.15) is 13.3 Å². The first kappa shape index (κ1) is 13.7. The first-order valence-electron chi connectivity index (χ1n) is 5.56. The molecule has 10 heteroatoms. The molecule has 0 N–H and O–H groups in total. The minimum Gasteiger partial charge on any atom is -0.440 e. The van der Waals surface area contributed by atoms with Crippen molar-refractivity contribution in [2.75, 3.05) is 6.26 Å². The lowest BCUT2D eigenvalue weighted by molar-refractivity contribution is -0.389. The molecule has 0 fully saturated rings. The minimum absolute atomic E-state index is 0.104. The summed E-state index contributed by atoms with van der Waals surface area (Å²) in [5.74, 6) is -0.343. The number of nitrogens with zero attached hydrogens (tertiary/aromatic N) is 3. The minimum atomic E-state index is -3.63. The summed E-state index contributed by atoms with van der Waals surface area (Å²) >= 11 is 0. The van der Waals surface area contributed by atoms with E-state index < -0.39 is 27.2 Å². The monoisotopic (exact) mass is 291 g/mol. The van der Waals surface area contributed by atoms with Gasteiger partial charge in [0.25, 0.3) is 10.1 Å². The van der Waals surface area contributed by atoms with E-state index in [2.05, 4.69) is 4.98 Å². The average Bonchev–Trinajstić information content (AvgIpc) is 2.68. The molecule has 0 aliphatic carbocycles. The summed E-state index contributed by atoms with van der Waals surface area (Å²) in [6.07, 6.45) is 1.41. The smallest absolute Gasteiger partial charge is 0.414 e. The highest BCUT2D eigenvalue weighted by Gasteiger charge is 2.36. The third-order valence-electron chi connectivity index (χ3n) is 2.66. The molecule has 9 nitrogen and oxygen atoms in total. The Balaban J connectivity index is 2.27. The second kappa shape index (κ2) is 4.78. The Morgan fingerprint density at radius 3 is 2.89 bits per heavy atom. The fourth-order valence-electron chi connectivity index (χ4n) is 1.88. The fraction of sp³-hybridized carbons (Fsp3) is 0.667. The third-order valence-corrected chi connectivity index (χ3v) is 3.26. The maximum absolute atomic E-state index is 11.2. The van der Waals surface area contributed by atoms with Gasteiger partial charge in [0, 0.05) is 4.98 Å². The Bertz CT molecular complexity index is 595. The number of imidazole rings is 1. The van der Waals surface area contributed by atoms with Crippen molar-refractivity contribution in [3.05, 3.63) is 16.3 Å². The topological polar surface area (TPSA) is 114 Å². The standard InChI is InChI=1S/C9H13N3O6S/c1-3-6-7(18-19(2,15)16)4-11-5-8(12(13)14)10-9(11)17-6/h5-7H,3-4H2,1-2H3/t6-,7-/m1/s1. The maximum atomic E-state index is 11.2. The van der Waals surface area contributed by atoms with E-state index in [1.54, 1.807) is 6.92 Å². The van der Waals surface area contributed by atoms with E-state index in [0.29, 0.717) is 6.42 Å². The Morgan fingerprint density at radius 2 is 2.37 bits per heavy atom. The molecule has 0 amide bonds. The first-order chi connectivity index (χ1) is 8.80. The van der Waals surface area contributed by atoms with Crippen LogP contribution in [0, 0.1) is 10.1 Å². The Morgan fingerprint density at radius 1 is 1.68 bits per heavy atom. The summed E-state index contributed by atoms with van der Waals surface area (Å²) in [7, 11) is -3.63. The molecule has 0 saturated heterocycles. The van der Waals surface area contributed by atoms with Crippen LogP contribution in [0.15, 0.2) is 6.20 Å². The summed E-state index contributed by atoms with van der Waals surface area (Å²) in [6.45, 7) is 1.94. The van der Waals surface area contributed by atoms with Crippen molar-refractivity contribution in [1.29, 1.82) is 0 Å². The lowest BCUT2D eigenvalue weighted by Gasteiger charge is -2.29. The number of nitro groups is 1. The zero-order chi connectivity index (χ0) is 14.2. The van der Waals surface area contributed by atoms with Gasteiger partial charge < -0.3 is 14.9 Å². The average molecular weight is 291 g/mol. The number of rotatable bonds is 4. The van der Waals surface area contributed by atoms with E-state index in [1.807, 2.05) is 0 Å². The van der Waals surface area contributed by atoms with E-state index >= 15 is 0 Å².